The van der Waals surface area contributed by atoms with Crippen molar-refractivity contribution in [2.45, 2.75) is 26.7 Å². The Morgan fingerprint density at radius 3 is 2.32 bits per heavy atom. The number of hydrogen-bond acceptors (Lipinski definition) is 4. The molecule has 5 nitrogen and oxygen atoms in total. The maximum absolute atomic E-state index is 11.2. The number of benzene rings is 2. The second-order valence-corrected chi connectivity index (χ2v) is 5.81. The minimum absolute atomic E-state index is 0.158. The van der Waals surface area contributed by atoms with E-state index < -0.39 is 0 Å². The number of rotatable bonds is 9. The summed E-state index contributed by atoms with van der Waals surface area (Å²) in [5.41, 5.74) is 2.86. The van der Waals surface area contributed by atoms with Gasteiger partial charge in [0.05, 0.1) is 12.5 Å². The van der Waals surface area contributed by atoms with E-state index in [-0.39, 0.29) is 17.4 Å². The lowest BCUT2D eigenvalue weighted by Gasteiger charge is -2.24. The molecule has 1 atom stereocenters. The highest BCUT2D eigenvalue weighted by molar-refractivity contribution is 5.56. The number of hydrogen-bond donors (Lipinski definition) is 0. The van der Waals surface area contributed by atoms with Crippen LogP contribution in [0.2, 0.25) is 0 Å². The molecule has 1 unspecified atom stereocenters. The van der Waals surface area contributed by atoms with Crippen LogP contribution in [0.25, 0.3) is 0 Å². The highest BCUT2D eigenvalue weighted by Gasteiger charge is 2.24. The molecule has 0 aliphatic rings. The Balaban J connectivity index is 2.50. The van der Waals surface area contributed by atoms with Gasteiger partial charge in [-0.05, 0) is 32.4 Å². The quantitative estimate of drug-likeness (QED) is 0.502. The van der Waals surface area contributed by atoms with Crippen molar-refractivity contribution in [3.8, 4) is 5.75 Å². The van der Waals surface area contributed by atoms with E-state index in [1.165, 1.54) is 0 Å². The number of nitro groups is 1. The standard InChI is InChI=1S/C20H26N2O3/c1-4-21(5-2)17-12-13-18(20(14-17)25-6-3)19(15-22(23)24)16-10-8-7-9-11-16/h7-14,19H,4-6,15H2,1-3H3. The van der Waals surface area contributed by atoms with Gasteiger partial charge in [0.25, 0.3) is 0 Å². The van der Waals surface area contributed by atoms with Crippen LogP contribution in [-0.4, -0.2) is 31.2 Å². The SMILES string of the molecule is CCOc1cc(N(CC)CC)ccc1C(C[N+](=O)[O-])c1ccccc1. The van der Waals surface area contributed by atoms with Crippen LogP contribution in [0.3, 0.4) is 0 Å². The van der Waals surface area contributed by atoms with Crippen LogP contribution in [0.4, 0.5) is 5.69 Å². The monoisotopic (exact) mass is 342 g/mol. The topological polar surface area (TPSA) is 55.6 Å². The first-order chi connectivity index (χ1) is 12.1. The molecule has 0 aliphatic carbocycles. The molecule has 134 valence electrons. The molecule has 2 aromatic carbocycles. The number of anilines is 1. The van der Waals surface area contributed by atoms with E-state index in [9.17, 15) is 10.1 Å². The molecule has 0 fully saturated rings. The van der Waals surface area contributed by atoms with Gasteiger partial charge in [-0.2, -0.15) is 0 Å². The molecular weight excluding hydrogens is 316 g/mol. The highest BCUT2D eigenvalue weighted by atomic mass is 16.6. The molecule has 25 heavy (non-hydrogen) atoms. The summed E-state index contributed by atoms with van der Waals surface area (Å²) in [7, 11) is 0. The van der Waals surface area contributed by atoms with Crippen molar-refractivity contribution in [3.63, 3.8) is 0 Å². The van der Waals surface area contributed by atoms with E-state index in [0.717, 1.165) is 35.7 Å². The average Bonchev–Trinajstić information content (AvgIpc) is 2.62. The minimum atomic E-state index is -0.330. The third kappa shape index (κ3) is 4.72. The predicted octanol–water partition coefficient (Wildman–Crippen LogP) is 4.34. The van der Waals surface area contributed by atoms with Crippen molar-refractivity contribution in [2.24, 2.45) is 0 Å². The summed E-state index contributed by atoms with van der Waals surface area (Å²) in [6, 6.07) is 15.6. The van der Waals surface area contributed by atoms with Crippen molar-refractivity contribution >= 4 is 5.69 Å². The van der Waals surface area contributed by atoms with Crippen LogP contribution in [0.5, 0.6) is 5.75 Å². The summed E-state index contributed by atoms with van der Waals surface area (Å²) in [5, 5.41) is 11.2. The Morgan fingerprint density at radius 2 is 1.76 bits per heavy atom. The smallest absolute Gasteiger partial charge is 0.214 e. The van der Waals surface area contributed by atoms with Gasteiger partial charge in [0, 0.05) is 35.3 Å². The molecule has 0 radical (unpaired) electrons. The Bertz CT molecular complexity index is 685. The fourth-order valence-electron chi connectivity index (χ4n) is 3.09. The van der Waals surface area contributed by atoms with E-state index in [2.05, 4.69) is 18.7 Å². The molecule has 0 aromatic heterocycles. The first kappa shape index (κ1) is 18.8. The molecule has 0 bridgehead atoms. The lowest BCUT2D eigenvalue weighted by molar-refractivity contribution is -0.481. The predicted molar refractivity (Wildman–Crippen MR) is 101 cm³/mol. The largest absolute Gasteiger partial charge is 0.493 e. The molecule has 0 aliphatic heterocycles. The average molecular weight is 342 g/mol. The Hall–Kier alpha value is -2.56. The van der Waals surface area contributed by atoms with Crippen LogP contribution in [0.15, 0.2) is 48.5 Å². The zero-order chi connectivity index (χ0) is 18.2. The summed E-state index contributed by atoms with van der Waals surface area (Å²) in [6.07, 6.45) is 0. The van der Waals surface area contributed by atoms with Gasteiger partial charge in [-0.15, -0.1) is 0 Å². The summed E-state index contributed by atoms with van der Waals surface area (Å²) in [5.74, 6) is 0.395. The summed E-state index contributed by atoms with van der Waals surface area (Å²) in [6.45, 7) is 8.31. The zero-order valence-corrected chi connectivity index (χ0v) is 15.1. The fraction of sp³-hybridized carbons (Fsp3) is 0.400. The van der Waals surface area contributed by atoms with E-state index in [4.69, 9.17) is 4.74 Å². The van der Waals surface area contributed by atoms with Gasteiger partial charge in [-0.25, -0.2) is 0 Å². The van der Waals surface area contributed by atoms with Crippen LogP contribution < -0.4 is 9.64 Å². The second-order valence-electron chi connectivity index (χ2n) is 5.81. The van der Waals surface area contributed by atoms with Crippen LogP contribution in [-0.2, 0) is 0 Å². The van der Waals surface area contributed by atoms with Crippen molar-refractivity contribution < 1.29 is 9.66 Å². The molecule has 2 aromatic rings. The van der Waals surface area contributed by atoms with E-state index >= 15 is 0 Å². The van der Waals surface area contributed by atoms with Gasteiger partial charge in [0.2, 0.25) is 6.54 Å². The molecular formula is C20H26N2O3. The third-order valence-electron chi connectivity index (χ3n) is 4.33. The van der Waals surface area contributed by atoms with Gasteiger partial charge in [0.1, 0.15) is 5.75 Å². The highest BCUT2D eigenvalue weighted by Crippen LogP contribution is 2.35. The molecule has 0 saturated heterocycles. The third-order valence-corrected chi connectivity index (χ3v) is 4.33. The molecule has 0 N–H and O–H groups in total. The zero-order valence-electron chi connectivity index (χ0n) is 15.1. The Labute approximate surface area is 149 Å². The number of nitrogens with zero attached hydrogens (tertiary/aromatic N) is 2. The van der Waals surface area contributed by atoms with Crippen LogP contribution >= 0.6 is 0 Å². The van der Waals surface area contributed by atoms with Crippen molar-refractivity contribution in [1.82, 2.24) is 0 Å². The normalized spacial score (nSPS) is 11.8. The second kappa shape index (κ2) is 9.06. The van der Waals surface area contributed by atoms with Gasteiger partial charge in [-0.3, -0.25) is 10.1 Å². The molecule has 0 heterocycles. The van der Waals surface area contributed by atoms with Crippen molar-refractivity contribution in [3.05, 3.63) is 69.8 Å². The van der Waals surface area contributed by atoms with Crippen LogP contribution in [0, 0.1) is 10.1 Å². The molecule has 0 spiro atoms. The Kier molecular flexibility index (Phi) is 6.81. The van der Waals surface area contributed by atoms with Gasteiger partial charge in [0.15, 0.2) is 0 Å². The Morgan fingerprint density at radius 1 is 1.08 bits per heavy atom. The summed E-state index contributed by atoms with van der Waals surface area (Å²) >= 11 is 0. The van der Waals surface area contributed by atoms with E-state index in [1.54, 1.807) is 0 Å². The maximum Gasteiger partial charge on any atom is 0.214 e. The molecule has 0 amide bonds. The fourth-order valence-corrected chi connectivity index (χ4v) is 3.09. The van der Waals surface area contributed by atoms with E-state index in [1.807, 2.05) is 55.5 Å². The van der Waals surface area contributed by atoms with Crippen molar-refractivity contribution in [2.75, 3.05) is 31.1 Å². The first-order valence-corrected chi connectivity index (χ1v) is 8.79. The summed E-state index contributed by atoms with van der Waals surface area (Å²) in [4.78, 5) is 13.2. The molecule has 5 heteroatoms. The van der Waals surface area contributed by atoms with Crippen molar-refractivity contribution in [1.29, 1.82) is 0 Å². The first-order valence-electron chi connectivity index (χ1n) is 8.79. The lowest BCUT2D eigenvalue weighted by Crippen LogP contribution is -2.22. The van der Waals surface area contributed by atoms with Gasteiger partial charge in [-0.1, -0.05) is 36.4 Å². The molecule has 0 saturated carbocycles. The van der Waals surface area contributed by atoms with E-state index in [0.29, 0.717) is 6.61 Å². The minimum Gasteiger partial charge on any atom is -0.493 e. The molecule has 2 rings (SSSR count). The lowest BCUT2D eigenvalue weighted by atomic mass is 9.90. The number of ether oxygens (including phenoxy) is 1. The van der Waals surface area contributed by atoms with Gasteiger partial charge >= 0.3 is 0 Å². The summed E-state index contributed by atoms with van der Waals surface area (Å²) < 4.78 is 5.85. The van der Waals surface area contributed by atoms with Gasteiger partial charge < -0.3 is 9.64 Å². The maximum atomic E-state index is 11.2. The van der Waals surface area contributed by atoms with Crippen LogP contribution in [0.1, 0.15) is 37.8 Å².